The number of fused-ring (bicyclic) bond motifs is 3. The first-order valence-corrected chi connectivity index (χ1v) is 7.71. The van der Waals surface area contributed by atoms with Crippen molar-refractivity contribution in [1.29, 1.82) is 0 Å². The van der Waals surface area contributed by atoms with Crippen molar-refractivity contribution >= 4 is 21.8 Å². The standard InChI is InChI=1S/C21H14N2O/c1-14-6-8-15(9-7-14)10-11-16-12-13-22-20-19(16)17-4-2-3-5-18(17)21(24)23-20/h2-9,12-13H,1H3,(H,22,23,24). The molecular formula is C21H14N2O. The summed E-state index contributed by atoms with van der Waals surface area (Å²) in [7, 11) is 0. The Bertz CT molecular complexity index is 1180. The summed E-state index contributed by atoms with van der Waals surface area (Å²) < 4.78 is 0. The first-order chi connectivity index (χ1) is 11.7. The van der Waals surface area contributed by atoms with Crippen LogP contribution < -0.4 is 5.56 Å². The van der Waals surface area contributed by atoms with Gasteiger partial charge >= 0.3 is 0 Å². The van der Waals surface area contributed by atoms with Gasteiger partial charge in [0.05, 0.1) is 0 Å². The minimum Gasteiger partial charge on any atom is -0.306 e. The lowest BCUT2D eigenvalue weighted by Crippen LogP contribution is -2.07. The number of hydrogen-bond acceptors (Lipinski definition) is 2. The molecule has 114 valence electrons. The van der Waals surface area contributed by atoms with Gasteiger partial charge in [-0.1, -0.05) is 47.7 Å². The number of rotatable bonds is 0. The Balaban J connectivity index is 1.98. The highest BCUT2D eigenvalue weighted by molar-refractivity contribution is 6.06. The van der Waals surface area contributed by atoms with Gasteiger partial charge in [0.1, 0.15) is 5.65 Å². The molecule has 1 N–H and O–H groups in total. The summed E-state index contributed by atoms with van der Waals surface area (Å²) in [5.41, 5.74) is 3.45. The molecule has 24 heavy (non-hydrogen) atoms. The number of aromatic amines is 1. The molecule has 3 heteroatoms. The van der Waals surface area contributed by atoms with Crippen LogP contribution in [0.5, 0.6) is 0 Å². The molecule has 0 spiro atoms. The summed E-state index contributed by atoms with van der Waals surface area (Å²) in [6, 6.07) is 17.5. The number of aromatic nitrogens is 2. The maximum absolute atomic E-state index is 12.2. The van der Waals surface area contributed by atoms with Crippen molar-refractivity contribution in [2.45, 2.75) is 6.92 Å². The molecule has 0 saturated heterocycles. The van der Waals surface area contributed by atoms with Crippen LogP contribution in [0.15, 0.2) is 65.6 Å². The van der Waals surface area contributed by atoms with Crippen molar-refractivity contribution in [3.63, 3.8) is 0 Å². The molecule has 4 aromatic rings. The van der Waals surface area contributed by atoms with Crippen LogP contribution >= 0.6 is 0 Å². The van der Waals surface area contributed by atoms with E-state index >= 15 is 0 Å². The summed E-state index contributed by atoms with van der Waals surface area (Å²) >= 11 is 0. The second-order valence-corrected chi connectivity index (χ2v) is 5.70. The fourth-order valence-electron chi connectivity index (χ4n) is 2.78. The highest BCUT2D eigenvalue weighted by Crippen LogP contribution is 2.22. The van der Waals surface area contributed by atoms with E-state index in [1.165, 1.54) is 5.56 Å². The number of nitrogens with zero attached hydrogens (tertiary/aromatic N) is 1. The Labute approximate surface area is 139 Å². The van der Waals surface area contributed by atoms with Gasteiger partial charge in [-0.2, -0.15) is 0 Å². The third-order valence-electron chi connectivity index (χ3n) is 4.02. The van der Waals surface area contributed by atoms with E-state index in [1.807, 2.05) is 54.6 Å². The zero-order valence-electron chi connectivity index (χ0n) is 13.1. The molecule has 0 fully saturated rings. The van der Waals surface area contributed by atoms with Crippen molar-refractivity contribution in [1.82, 2.24) is 9.97 Å². The van der Waals surface area contributed by atoms with Gasteiger partial charge in [0.2, 0.25) is 0 Å². The third kappa shape index (κ3) is 2.45. The van der Waals surface area contributed by atoms with Gasteiger partial charge < -0.3 is 4.98 Å². The summed E-state index contributed by atoms with van der Waals surface area (Å²) in [6.07, 6.45) is 1.67. The van der Waals surface area contributed by atoms with Crippen LogP contribution in [0.25, 0.3) is 21.8 Å². The molecule has 0 amide bonds. The quantitative estimate of drug-likeness (QED) is 0.397. The van der Waals surface area contributed by atoms with Gasteiger partial charge in [-0.25, -0.2) is 4.98 Å². The van der Waals surface area contributed by atoms with Crippen LogP contribution in [0.3, 0.4) is 0 Å². The van der Waals surface area contributed by atoms with Gasteiger partial charge in [-0.05, 0) is 36.6 Å². The lowest BCUT2D eigenvalue weighted by atomic mass is 10.0. The maximum atomic E-state index is 12.2. The van der Waals surface area contributed by atoms with E-state index in [9.17, 15) is 4.79 Å². The topological polar surface area (TPSA) is 45.8 Å². The van der Waals surface area contributed by atoms with Gasteiger partial charge in [-0.15, -0.1) is 0 Å². The molecule has 3 nitrogen and oxygen atoms in total. The summed E-state index contributed by atoms with van der Waals surface area (Å²) in [6.45, 7) is 2.05. The number of benzene rings is 2. The zero-order valence-corrected chi connectivity index (χ0v) is 13.1. The molecule has 2 aromatic heterocycles. The van der Waals surface area contributed by atoms with Gasteiger partial charge in [-0.3, -0.25) is 4.79 Å². The SMILES string of the molecule is Cc1ccc(C#Cc2ccnc3[nH]c(=O)c4ccccc4c23)cc1. The minimum atomic E-state index is -0.130. The van der Waals surface area contributed by atoms with Crippen LogP contribution in [0.1, 0.15) is 16.7 Å². The average molecular weight is 310 g/mol. The van der Waals surface area contributed by atoms with E-state index in [2.05, 4.69) is 28.7 Å². The zero-order chi connectivity index (χ0) is 16.5. The van der Waals surface area contributed by atoms with Crippen LogP contribution in [-0.2, 0) is 0 Å². The number of aryl methyl sites for hydroxylation is 1. The molecule has 0 radical (unpaired) electrons. The van der Waals surface area contributed by atoms with E-state index in [0.717, 1.165) is 21.9 Å². The smallest absolute Gasteiger partial charge is 0.257 e. The Morgan fingerprint density at radius 2 is 1.67 bits per heavy atom. The fourth-order valence-corrected chi connectivity index (χ4v) is 2.78. The first-order valence-electron chi connectivity index (χ1n) is 7.71. The molecule has 0 unspecified atom stereocenters. The van der Waals surface area contributed by atoms with Crippen molar-refractivity contribution < 1.29 is 0 Å². The van der Waals surface area contributed by atoms with Crippen LogP contribution in [0, 0.1) is 18.8 Å². The van der Waals surface area contributed by atoms with E-state index < -0.39 is 0 Å². The third-order valence-corrected chi connectivity index (χ3v) is 4.02. The molecule has 0 aliphatic heterocycles. The maximum Gasteiger partial charge on any atom is 0.257 e. The monoisotopic (exact) mass is 310 g/mol. The molecular weight excluding hydrogens is 296 g/mol. The normalized spacial score (nSPS) is 10.5. The molecule has 4 rings (SSSR count). The molecule has 0 saturated carbocycles. The first kappa shape index (κ1) is 14.2. The average Bonchev–Trinajstić information content (AvgIpc) is 2.61. The second kappa shape index (κ2) is 5.68. The fraction of sp³-hybridized carbons (Fsp3) is 0.0476. The van der Waals surface area contributed by atoms with Crippen LogP contribution in [0.2, 0.25) is 0 Å². The van der Waals surface area contributed by atoms with Crippen molar-refractivity contribution in [2.75, 3.05) is 0 Å². The van der Waals surface area contributed by atoms with Crippen LogP contribution in [-0.4, -0.2) is 9.97 Å². The van der Waals surface area contributed by atoms with E-state index in [4.69, 9.17) is 0 Å². The second-order valence-electron chi connectivity index (χ2n) is 5.70. The van der Waals surface area contributed by atoms with Gasteiger partial charge in [0.25, 0.3) is 5.56 Å². The molecule has 0 atom stereocenters. The number of nitrogens with one attached hydrogen (secondary N) is 1. The highest BCUT2D eigenvalue weighted by Gasteiger charge is 2.08. The summed E-state index contributed by atoms with van der Waals surface area (Å²) in [5.74, 6) is 6.41. The van der Waals surface area contributed by atoms with Crippen molar-refractivity contribution in [3.8, 4) is 11.8 Å². The lowest BCUT2D eigenvalue weighted by Gasteiger charge is -2.04. The largest absolute Gasteiger partial charge is 0.306 e. The molecule has 0 aliphatic carbocycles. The Kier molecular flexibility index (Phi) is 3.36. The predicted octanol–water partition coefficient (Wildman–Crippen LogP) is 3.78. The van der Waals surface area contributed by atoms with Crippen molar-refractivity contribution in [2.24, 2.45) is 0 Å². The number of pyridine rings is 2. The Morgan fingerprint density at radius 1 is 0.917 bits per heavy atom. The predicted molar refractivity (Wildman–Crippen MR) is 97.0 cm³/mol. The van der Waals surface area contributed by atoms with Gasteiger partial charge in [0.15, 0.2) is 0 Å². The van der Waals surface area contributed by atoms with Crippen molar-refractivity contribution in [3.05, 3.63) is 87.8 Å². The summed E-state index contributed by atoms with van der Waals surface area (Å²) in [5, 5.41) is 2.40. The number of H-pyrrole nitrogens is 1. The molecule has 2 heterocycles. The molecule has 0 aliphatic rings. The highest BCUT2D eigenvalue weighted by atomic mass is 16.1. The molecule has 2 aromatic carbocycles. The molecule has 0 bridgehead atoms. The van der Waals surface area contributed by atoms with E-state index in [-0.39, 0.29) is 5.56 Å². The van der Waals surface area contributed by atoms with Gasteiger partial charge in [0, 0.05) is 28.1 Å². The van der Waals surface area contributed by atoms with E-state index in [0.29, 0.717) is 11.0 Å². The Morgan fingerprint density at radius 3 is 2.46 bits per heavy atom. The lowest BCUT2D eigenvalue weighted by molar-refractivity contribution is 1.25. The number of hydrogen-bond donors (Lipinski definition) is 1. The van der Waals surface area contributed by atoms with Crippen LogP contribution in [0.4, 0.5) is 0 Å². The summed E-state index contributed by atoms with van der Waals surface area (Å²) in [4.78, 5) is 19.3. The Hall–Kier alpha value is -3.38. The van der Waals surface area contributed by atoms with E-state index in [1.54, 1.807) is 6.20 Å². The minimum absolute atomic E-state index is 0.130.